The highest BCUT2D eigenvalue weighted by Gasteiger charge is 1.90. The van der Waals surface area contributed by atoms with Crippen LogP contribution in [-0.4, -0.2) is 11.4 Å². The van der Waals surface area contributed by atoms with E-state index in [0.717, 1.165) is 5.56 Å². The molecule has 0 fully saturated rings. The molecule has 4 N–H and O–H groups in total. The zero-order valence-electron chi connectivity index (χ0n) is 5.86. The average Bonchev–Trinajstić information content (AvgIpc) is 2.03. The van der Waals surface area contributed by atoms with E-state index in [1.165, 1.54) is 6.21 Å². The van der Waals surface area contributed by atoms with E-state index in [1.54, 1.807) is 17.7 Å². The van der Waals surface area contributed by atoms with E-state index in [9.17, 15) is 0 Å². The maximum absolute atomic E-state index is 8.13. The number of anilines is 1. The van der Waals surface area contributed by atoms with Gasteiger partial charge < -0.3 is 5.73 Å². The average molecular weight is 151 g/mol. The molecule has 0 heterocycles. The zero-order chi connectivity index (χ0) is 8.10. The predicted octanol–water partition coefficient (Wildman–Crippen LogP) is 0.582. The second-order valence-electron chi connectivity index (χ2n) is 1.99. The van der Waals surface area contributed by atoms with Gasteiger partial charge in [0.05, 0.1) is 6.21 Å². The van der Waals surface area contributed by atoms with Gasteiger partial charge in [-0.15, -0.1) is 0 Å². The van der Waals surface area contributed by atoms with E-state index in [4.69, 9.17) is 10.9 Å². The van der Waals surface area contributed by atoms with Crippen LogP contribution in [0.1, 0.15) is 5.56 Å². The number of para-hydroxylation sites is 1. The number of benzene rings is 1. The molecule has 0 aliphatic heterocycles. The van der Waals surface area contributed by atoms with Crippen molar-refractivity contribution in [1.29, 1.82) is 0 Å². The van der Waals surface area contributed by atoms with Gasteiger partial charge in [0.15, 0.2) is 0 Å². The van der Waals surface area contributed by atoms with E-state index in [1.807, 2.05) is 12.1 Å². The molecule has 1 aromatic rings. The molecule has 0 spiro atoms. The van der Waals surface area contributed by atoms with Crippen LogP contribution in [0.4, 0.5) is 5.69 Å². The summed E-state index contributed by atoms with van der Waals surface area (Å²) < 4.78 is 0. The smallest absolute Gasteiger partial charge is 0.0586 e. The van der Waals surface area contributed by atoms with Crippen molar-refractivity contribution >= 4 is 11.9 Å². The van der Waals surface area contributed by atoms with Crippen molar-refractivity contribution in [3.8, 4) is 0 Å². The Morgan fingerprint density at radius 3 is 2.82 bits per heavy atom. The van der Waals surface area contributed by atoms with Crippen molar-refractivity contribution < 1.29 is 5.21 Å². The Hall–Kier alpha value is -1.55. The monoisotopic (exact) mass is 151 g/mol. The van der Waals surface area contributed by atoms with Crippen LogP contribution in [0.25, 0.3) is 0 Å². The van der Waals surface area contributed by atoms with Crippen molar-refractivity contribution in [3.63, 3.8) is 0 Å². The molecule has 0 saturated carbocycles. The first-order valence-electron chi connectivity index (χ1n) is 3.11. The maximum atomic E-state index is 8.13. The topological polar surface area (TPSA) is 70.6 Å². The van der Waals surface area contributed by atoms with Gasteiger partial charge in [-0.05, 0) is 6.07 Å². The second-order valence-corrected chi connectivity index (χ2v) is 1.99. The number of nitrogens with one attached hydrogen (secondary N) is 1. The highest BCUT2D eigenvalue weighted by molar-refractivity contribution is 5.86. The highest BCUT2D eigenvalue weighted by Crippen LogP contribution is 2.06. The normalized spacial score (nSPS) is 10.3. The lowest BCUT2D eigenvalue weighted by atomic mass is 10.2. The van der Waals surface area contributed by atoms with Crippen LogP contribution in [0.3, 0.4) is 0 Å². The van der Waals surface area contributed by atoms with E-state index in [2.05, 4.69) is 5.10 Å². The summed E-state index contributed by atoms with van der Waals surface area (Å²) >= 11 is 0. The highest BCUT2D eigenvalue weighted by atomic mass is 16.5. The number of hydrazone groups is 1. The lowest BCUT2D eigenvalue weighted by Gasteiger charge is -1.96. The van der Waals surface area contributed by atoms with Gasteiger partial charge in [-0.25, -0.2) is 0 Å². The summed E-state index contributed by atoms with van der Waals surface area (Å²) in [5.41, 5.74) is 8.62. The first-order valence-corrected chi connectivity index (χ1v) is 3.11. The number of hydrogen-bond acceptors (Lipinski definition) is 4. The van der Waals surface area contributed by atoms with Gasteiger partial charge in [0.1, 0.15) is 0 Å². The molecule has 0 saturated heterocycles. The van der Waals surface area contributed by atoms with E-state index >= 15 is 0 Å². The SMILES string of the molecule is Nc1ccccc1C=NNO. The molecule has 4 nitrogen and oxygen atoms in total. The lowest BCUT2D eigenvalue weighted by Crippen LogP contribution is -1.98. The van der Waals surface area contributed by atoms with Crippen molar-refractivity contribution in [2.45, 2.75) is 0 Å². The fourth-order valence-electron chi connectivity index (χ4n) is 0.727. The van der Waals surface area contributed by atoms with Gasteiger partial charge in [-0.2, -0.15) is 10.7 Å². The quantitative estimate of drug-likeness (QED) is 0.329. The second kappa shape index (κ2) is 3.58. The number of hydrogen-bond donors (Lipinski definition) is 3. The van der Waals surface area contributed by atoms with Crippen LogP contribution in [0, 0.1) is 0 Å². The minimum Gasteiger partial charge on any atom is -0.398 e. The molecular weight excluding hydrogens is 142 g/mol. The fraction of sp³-hybridized carbons (Fsp3) is 0. The first-order chi connectivity index (χ1) is 5.34. The summed E-state index contributed by atoms with van der Waals surface area (Å²) in [4.78, 5) is 0. The molecule has 0 atom stereocenters. The first kappa shape index (κ1) is 7.56. The Morgan fingerprint density at radius 2 is 2.18 bits per heavy atom. The summed E-state index contributed by atoms with van der Waals surface area (Å²) in [5.74, 6) is 0. The largest absolute Gasteiger partial charge is 0.398 e. The third-order valence-electron chi connectivity index (χ3n) is 1.26. The third kappa shape index (κ3) is 1.94. The molecule has 0 aliphatic carbocycles. The summed E-state index contributed by atoms with van der Waals surface area (Å²) in [6.07, 6.45) is 1.44. The van der Waals surface area contributed by atoms with Crippen molar-refractivity contribution in [2.24, 2.45) is 5.10 Å². The molecule has 1 rings (SSSR count). The molecule has 0 aliphatic rings. The van der Waals surface area contributed by atoms with E-state index < -0.39 is 0 Å². The van der Waals surface area contributed by atoms with Crippen LogP contribution >= 0.6 is 0 Å². The van der Waals surface area contributed by atoms with Gasteiger partial charge in [-0.3, -0.25) is 5.21 Å². The molecule has 0 unspecified atom stereocenters. The zero-order valence-corrected chi connectivity index (χ0v) is 5.86. The number of nitrogens with zero attached hydrogens (tertiary/aromatic N) is 1. The number of nitrogens with two attached hydrogens (primary N) is 1. The fourth-order valence-corrected chi connectivity index (χ4v) is 0.727. The molecule has 1 aromatic carbocycles. The summed E-state index contributed by atoms with van der Waals surface area (Å²) in [5, 5.41) is 11.5. The number of rotatable bonds is 2. The van der Waals surface area contributed by atoms with Crippen molar-refractivity contribution in [3.05, 3.63) is 29.8 Å². The van der Waals surface area contributed by atoms with Gasteiger partial charge in [0.2, 0.25) is 0 Å². The molecule has 0 aromatic heterocycles. The Kier molecular flexibility index (Phi) is 2.46. The number of nitrogen functional groups attached to an aromatic ring is 1. The minimum atomic E-state index is 0.631. The van der Waals surface area contributed by atoms with Gasteiger partial charge in [0.25, 0.3) is 0 Å². The molecule has 11 heavy (non-hydrogen) atoms. The molecule has 0 radical (unpaired) electrons. The molecule has 4 heteroatoms. The predicted molar refractivity (Wildman–Crippen MR) is 43.4 cm³/mol. The van der Waals surface area contributed by atoms with Crippen LogP contribution in [-0.2, 0) is 0 Å². The van der Waals surface area contributed by atoms with Gasteiger partial charge >= 0.3 is 0 Å². The Bertz CT molecular complexity index is 260. The Labute approximate surface area is 64.3 Å². The maximum Gasteiger partial charge on any atom is 0.0586 e. The van der Waals surface area contributed by atoms with Crippen molar-refractivity contribution in [2.75, 3.05) is 5.73 Å². The van der Waals surface area contributed by atoms with Gasteiger partial charge in [0, 0.05) is 11.3 Å². The summed E-state index contributed by atoms with van der Waals surface area (Å²) in [6, 6.07) is 7.24. The Balaban J connectivity index is 2.86. The third-order valence-corrected chi connectivity index (χ3v) is 1.26. The van der Waals surface area contributed by atoms with Crippen LogP contribution in [0.5, 0.6) is 0 Å². The summed E-state index contributed by atoms with van der Waals surface area (Å²) in [6.45, 7) is 0. The molecular formula is C7H9N3O. The van der Waals surface area contributed by atoms with E-state index in [0.29, 0.717) is 5.69 Å². The van der Waals surface area contributed by atoms with Crippen LogP contribution in [0.15, 0.2) is 29.4 Å². The molecule has 0 amide bonds. The standard InChI is InChI=1S/C7H9N3O/c8-7-4-2-1-3-6(7)5-9-10-11/h1-5,10-11H,8H2. The van der Waals surface area contributed by atoms with E-state index in [-0.39, 0.29) is 0 Å². The Morgan fingerprint density at radius 1 is 1.45 bits per heavy atom. The summed E-state index contributed by atoms with van der Waals surface area (Å²) in [7, 11) is 0. The molecule has 58 valence electrons. The van der Waals surface area contributed by atoms with Crippen LogP contribution < -0.4 is 11.3 Å². The molecule has 0 bridgehead atoms. The minimum absolute atomic E-state index is 0.631. The lowest BCUT2D eigenvalue weighted by molar-refractivity contribution is 0.173. The van der Waals surface area contributed by atoms with Gasteiger partial charge in [-0.1, -0.05) is 18.2 Å². The van der Waals surface area contributed by atoms with Crippen LogP contribution in [0.2, 0.25) is 0 Å². The van der Waals surface area contributed by atoms with Crippen molar-refractivity contribution in [1.82, 2.24) is 5.59 Å².